The Labute approximate surface area is 116 Å². The molecule has 0 aliphatic rings. The lowest BCUT2D eigenvalue weighted by molar-refractivity contribution is -0.144. The summed E-state index contributed by atoms with van der Waals surface area (Å²) in [5, 5.41) is 14.3. The van der Waals surface area contributed by atoms with Crippen LogP contribution in [0.1, 0.15) is 37.3 Å². The highest BCUT2D eigenvalue weighted by Gasteiger charge is 2.33. The van der Waals surface area contributed by atoms with E-state index >= 15 is 0 Å². The lowest BCUT2D eigenvalue weighted by Gasteiger charge is -2.25. The van der Waals surface area contributed by atoms with Gasteiger partial charge in [-0.05, 0) is 20.3 Å². The van der Waals surface area contributed by atoms with Crippen molar-refractivity contribution in [2.75, 3.05) is 0 Å². The number of nitrogens with zero attached hydrogens (tertiary/aromatic N) is 1. The van der Waals surface area contributed by atoms with Crippen molar-refractivity contribution in [3.8, 4) is 0 Å². The van der Waals surface area contributed by atoms with Crippen molar-refractivity contribution in [2.24, 2.45) is 0 Å². The molecule has 0 aliphatic carbocycles. The molecule has 1 rings (SSSR count). The van der Waals surface area contributed by atoms with E-state index in [-0.39, 0.29) is 0 Å². The van der Waals surface area contributed by atoms with E-state index in [2.05, 4.69) is 15.6 Å². The van der Waals surface area contributed by atoms with Gasteiger partial charge in [0.25, 0.3) is 0 Å². The fourth-order valence-electron chi connectivity index (χ4n) is 1.67. The molecule has 2 amide bonds. The Kier molecular flexibility index (Phi) is 5.29. The number of hydrogen-bond acceptors (Lipinski definition) is 4. The first-order valence-corrected chi connectivity index (χ1v) is 6.95. The zero-order valence-electron chi connectivity index (χ0n) is 11.3. The highest BCUT2D eigenvalue weighted by molar-refractivity contribution is 7.09. The summed E-state index contributed by atoms with van der Waals surface area (Å²) in [5.41, 5.74) is 1.35. The molecule has 0 aromatic carbocycles. The molecule has 0 spiro atoms. The van der Waals surface area contributed by atoms with E-state index in [1.807, 2.05) is 13.8 Å². The number of thiazole rings is 1. The normalized spacial score (nSPS) is 13.6. The summed E-state index contributed by atoms with van der Waals surface area (Å²) < 4.78 is 0. The maximum atomic E-state index is 11.7. The van der Waals surface area contributed by atoms with Gasteiger partial charge in [0.2, 0.25) is 0 Å². The maximum absolute atomic E-state index is 11.7. The number of carboxylic acids is 1. The van der Waals surface area contributed by atoms with E-state index < -0.39 is 17.5 Å². The van der Waals surface area contributed by atoms with Crippen LogP contribution in [0.3, 0.4) is 0 Å². The third-order valence-electron chi connectivity index (χ3n) is 2.87. The van der Waals surface area contributed by atoms with Gasteiger partial charge in [-0.15, -0.1) is 11.3 Å². The topological polar surface area (TPSA) is 91.3 Å². The molecule has 1 atom stereocenters. The van der Waals surface area contributed by atoms with Crippen molar-refractivity contribution in [3.63, 3.8) is 0 Å². The molecule has 0 aliphatic heterocycles. The van der Waals surface area contributed by atoms with E-state index in [1.54, 1.807) is 5.51 Å². The Hall–Kier alpha value is -1.63. The number of nitrogens with one attached hydrogen (secondary N) is 2. The molecular formula is C12H19N3O3S. The summed E-state index contributed by atoms with van der Waals surface area (Å²) in [6, 6.07) is -0.480. The average molecular weight is 285 g/mol. The predicted molar refractivity (Wildman–Crippen MR) is 73.2 cm³/mol. The largest absolute Gasteiger partial charge is 0.480 e. The van der Waals surface area contributed by atoms with Gasteiger partial charge >= 0.3 is 12.0 Å². The summed E-state index contributed by atoms with van der Waals surface area (Å²) >= 11 is 1.46. The Morgan fingerprint density at radius 2 is 2.21 bits per heavy atom. The first kappa shape index (κ1) is 15.4. The highest BCUT2D eigenvalue weighted by atomic mass is 32.1. The third-order valence-corrected chi connectivity index (χ3v) is 3.80. The minimum Gasteiger partial charge on any atom is -0.480 e. The molecule has 19 heavy (non-hydrogen) atoms. The van der Waals surface area contributed by atoms with Crippen molar-refractivity contribution < 1.29 is 14.7 Å². The van der Waals surface area contributed by atoms with Crippen LogP contribution < -0.4 is 10.6 Å². The molecule has 106 valence electrons. The number of aromatic nitrogens is 1. The van der Waals surface area contributed by atoms with Crippen LogP contribution in [0.4, 0.5) is 4.79 Å². The summed E-state index contributed by atoms with van der Waals surface area (Å²) in [5.74, 6) is -1.03. The molecule has 0 radical (unpaired) electrons. The number of carbonyl (C=O) groups excluding carboxylic acids is 1. The summed E-state index contributed by atoms with van der Waals surface area (Å²) in [6.07, 6.45) is 1.06. The van der Waals surface area contributed by atoms with Crippen LogP contribution in [-0.4, -0.2) is 27.6 Å². The van der Waals surface area contributed by atoms with Gasteiger partial charge in [0.05, 0.1) is 17.7 Å². The molecule has 1 heterocycles. The van der Waals surface area contributed by atoms with Gasteiger partial charge in [0, 0.05) is 4.88 Å². The van der Waals surface area contributed by atoms with Crippen LogP contribution in [0.2, 0.25) is 0 Å². The second-order valence-electron chi connectivity index (χ2n) is 4.56. The number of carbonyl (C=O) groups is 2. The lowest BCUT2D eigenvalue weighted by atomic mass is 9.97. The average Bonchev–Trinajstić information content (AvgIpc) is 2.72. The van der Waals surface area contributed by atoms with Crippen molar-refractivity contribution >= 4 is 23.3 Å². The van der Waals surface area contributed by atoms with Crippen LogP contribution >= 0.6 is 11.3 Å². The SMILES string of the molecule is CCCC(C)(NC(=O)NCc1scnc1C)C(=O)O. The molecule has 7 heteroatoms. The Morgan fingerprint density at radius 1 is 1.53 bits per heavy atom. The standard InChI is InChI=1S/C12H19N3O3S/c1-4-5-12(3,10(16)17)15-11(18)13-6-9-8(2)14-7-19-9/h7H,4-6H2,1-3H3,(H,16,17)(H2,13,15,18). The highest BCUT2D eigenvalue weighted by Crippen LogP contribution is 2.13. The molecule has 3 N–H and O–H groups in total. The van der Waals surface area contributed by atoms with Crippen molar-refractivity contribution in [3.05, 3.63) is 16.1 Å². The minimum absolute atomic E-state index is 0.351. The smallest absolute Gasteiger partial charge is 0.329 e. The number of aryl methyl sites for hydroxylation is 1. The quantitative estimate of drug-likeness (QED) is 0.744. The van der Waals surface area contributed by atoms with Gasteiger partial charge in [0.15, 0.2) is 0 Å². The molecule has 1 aromatic heterocycles. The zero-order chi connectivity index (χ0) is 14.5. The molecule has 0 saturated heterocycles. The molecular weight excluding hydrogens is 266 g/mol. The molecule has 1 aromatic rings. The molecule has 0 bridgehead atoms. The summed E-state index contributed by atoms with van der Waals surface area (Å²) in [7, 11) is 0. The fourth-order valence-corrected chi connectivity index (χ4v) is 2.39. The number of urea groups is 1. The number of hydrogen-bond donors (Lipinski definition) is 3. The van der Waals surface area contributed by atoms with Crippen molar-refractivity contribution in [2.45, 2.75) is 45.7 Å². The summed E-state index contributed by atoms with van der Waals surface area (Å²) in [6.45, 7) is 5.60. The predicted octanol–water partition coefficient (Wildman–Crippen LogP) is 1.89. The molecule has 6 nitrogen and oxygen atoms in total. The number of carboxylic acid groups (broad SMARTS) is 1. The van der Waals surface area contributed by atoms with Crippen LogP contribution in [-0.2, 0) is 11.3 Å². The van der Waals surface area contributed by atoms with Crippen LogP contribution in [0, 0.1) is 6.92 Å². The lowest BCUT2D eigenvalue weighted by Crippen LogP contribution is -2.55. The maximum Gasteiger partial charge on any atom is 0.329 e. The molecule has 0 fully saturated rings. The Bertz CT molecular complexity index is 461. The molecule has 1 unspecified atom stereocenters. The van der Waals surface area contributed by atoms with Crippen LogP contribution in [0.25, 0.3) is 0 Å². The third kappa shape index (κ3) is 4.20. The van der Waals surface area contributed by atoms with Gasteiger partial charge in [-0.2, -0.15) is 0 Å². The number of rotatable bonds is 6. The first-order valence-electron chi connectivity index (χ1n) is 6.07. The zero-order valence-corrected chi connectivity index (χ0v) is 12.1. The van der Waals surface area contributed by atoms with Crippen molar-refractivity contribution in [1.29, 1.82) is 0 Å². The summed E-state index contributed by atoms with van der Waals surface area (Å²) in [4.78, 5) is 28.0. The van der Waals surface area contributed by atoms with Crippen molar-refractivity contribution in [1.82, 2.24) is 15.6 Å². The van der Waals surface area contributed by atoms with Gasteiger partial charge in [0.1, 0.15) is 5.54 Å². The number of amides is 2. The van der Waals surface area contributed by atoms with E-state index in [1.165, 1.54) is 18.3 Å². The van der Waals surface area contributed by atoms with Gasteiger partial charge in [-0.3, -0.25) is 0 Å². The second-order valence-corrected chi connectivity index (χ2v) is 5.50. The molecule has 0 saturated carbocycles. The van der Waals surface area contributed by atoms with Gasteiger partial charge in [-0.25, -0.2) is 14.6 Å². The fraction of sp³-hybridized carbons (Fsp3) is 0.583. The monoisotopic (exact) mass is 285 g/mol. The van der Waals surface area contributed by atoms with Crippen LogP contribution in [0.15, 0.2) is 5.51 Å². The number of aliphatic carboxylic acids is 1. The van der Waals surface area contributed by atoms with E-state index in [0.29, 0.717) is 19.4 Å². The van der Waals surface area contributed by atoms with E-state index in [4.69, 9.17) is 5.11 Å². The Morgan fingerprint density at radius 3 is 2.68 bits per heavy atom. The first-order chi connectivity index (χ1) is 8.89. The van der Waals surface area contributed by atoms with Crippen LogP contribution in [0.5, 0.6) is 0 Å². The van der Waals surface area contributed by atoms with Gasteiger partial charge < -0.3 is 15.7 Å². The van der Waals surface area contributed by atoms with E-state index in [9.17, 15) is 9.59 Å². The Balaban J connectivity index is 2.54. The second kappa shape index (κ2) is 6.51. The van der Waals surface area contributed by atoms with E-state index in [0.717, 1.165) is 10.6 Å². The minimum atomic E-state index is -1.23. The van der Waals surface area contributed by atoms with Gasteiger partial charge in [-0.1, -0.05) is 13.3 Å².